The quantitative estimate of drug-likeness (QED) is 0.289. The second kappa shape index (κ2) is 17.5. The molecule has 0 aliphatic heterocycles. The molecule has 0 saturated heterocycles. The lowest BCUT2D eigenvalue weighted by Crippen LogP contribution is -2.38. The Balaban J connectivity index is 3.80. The molecule has 30 heavy (non-hydrogen) atoms. The van der Waals surface area contributed by atoms with Crippen molar-refractivity contribution in [2.75, 3.05) is 52.6 Å². The monoisotopic (exact) mass is 429 g/mol. The van der Waals surface area contributed by atoms with Crippen molar-refractivity contribution in [1.82, 2.24) is 15.5 Å². The molecule has 0 spiro atoms. The van der Waals surface area contributed by atoms with E-state index in [0.717, 1.165) is 6.42 Å². The number of nitrogens with one attached hydrogen (secondary N) is 2. The summed E-state index contributed by atoms with van der Waals surface area (Å²) in [5.74, 6) is -1.21. The minimum absolute atomic E-state index is 0.0383. The van der Waals surface area contributed by atoms with Crippen LogP contribution >= 0.6 is 0 Å². The SMILES string of the molecule is CCCOCCNC(=O)CCC(=O)NCCOCCC(=O)N(CC(C)=O)CC(C)=O. The third-order valence-electron chi connectivity index (χ3n) is 3.70. The molecule has 0 saturated carbocycles. The molecule has 10 heteroatoms. The molecule has 3 amide bonds. The van der Waals surface area contributed by atoms with Gasteiger partial charge in [-0.25, -0.2) is 0 Å². The lowest BCUT2D eigenvalue weighted by molar-refractivity contribution is -0.138. The molecule has 172 valence electrons. The van der Waals surface area contributed by atoms with Gasteiger partial charge in [0.05, 0.1) is 39.3 Å². The van der Waals surface area contributed by atoms with Crippen molar-refractivity contribution in [3.8, 4) is 0 Å². The molecule has 0 aliphatic rings. The summed E-state index contributed by atoms with van der Waals surface area (Å²) in [6, 6.07) is 0. The van der Waals surface area contributed by atoms with Gasteiger partial charge in [0.25, 0.3) is 0 Å². The third kappa shape index (κ3) is 16.6. The molecule has 0 heterocycles. The van der Waals surface area contributed by atoms with Crippen LogP contribution in [0.5, 0.6) is 0 Å². The number of nitrogens with zero attached hydrogens (tertiary/aromatic N) is 1. The summed E-state index contributed by atoms with van der Waals surface area (Å²) in [5.41, 5.74) is 0. The van der Waals surface area contributed by atoms with Crippen LogP contribution in [0.15, 0.2) is 0 Å². The van der Waals surface area contributed by atoms with Crippen LogP contribution in [0.1, 0.15) is 46.5 Å². The normalized spacial score (nSPS) is 10.4. The van der Waals surface area contributed by atoms with Gasteiger partial charge in [-0.15, -0.1) is 0 Å². The summed E-state index contributed by atoms with van der Waals surface area (Å²) in [7, 11) is 0. The maximum absolute atomic E-state index is 12.1. The molecule has 0 bridgehead atoms. The van der Waals surface area contributed by atoms with Gasteiger partial charge in [-0.2, -0.15) is 0 Å². The van der Waals surface area contributed by atoms with E-state index in [1.54, 1.807) is 0 Å². The fraction of sp³-hybridized carbons (Fsp3) is 0.750. The van der Waals surface area contributed by atoms with Gasteiger partial charge in [0.15, 0.2) is 0 Å². The number of carbonyl (C=O) groups is 5. The number of amides is 3. The van der Waals surface area contributed by atoms with Gasteiger partial charge >= 0.3 is 0 Å². The highest BCUT2D eigenvalue weighted by atomic mass is 16.5. The van der Waals surface area contributed by atoms with Crippen molar-refractivity contribution >= 4 is 29.3 Å². The van der Waals surface area contributed by atoms with Gasteiger partial charge in [-0.1, -0.05) is 6.92 Å². The van der Waals surface area contributed by atoms with Crippen LogP contribution in [0, 0.1) is 0 Å². The Kier molecular flexibility index (Phi) is 16.2. The first-order valence-corrected chi connectivity index (χ1v) is 10.2. The number of ketones is 2. The van der Waals surface area contributed by atoms with Crippen molar-refractivity contribution in [3.63, 3.8) is 0 Å². The highest BCUT2D eigenvalue weighted by Gasteiger charge is 2.16. The van der Waals surface area contributed by atoms with E-state index in [2.05, 4.69) is 10.6 Å². The number of carbonyl (C=O) groups excluding carboxylic acids is 5. The number of hydrogen-bond acceptors (Lipinski definition) is 7. The van der Waals surface area contributed by atoms with Crippen LogP contribution in [0.3, 0.4) is 0 Å². The summed E-state index contributed by atoms with van der Waals surface area (Å²) in [5, 5.41) is 5.31. The summed E-state index contributed by atoms with van der Waals surface area (Å²) < 4.78 is 10.5. The molecule has 0 aromatic heterocycles. The van der Waals surface area contributed by atoms with Gasteiger partial charge in [0.2, 0.25) is 17.7 Å². The maximum atomic E-state index is 12.1. The zero-order chi connectivity index (χ0) is 22.8. The van der Waals surface area contributed by atoms with Gasteiger partial charge < -0.3 is 25.0 Å². The van der Waals surface area contributed by atoms with Crippen LogP contribution in [-0.2, 0) is 33.4 Å². The number of Topliss-reactive ketones (excluding diaryl/α,β-unsaturated/α-hetero) is 2. The first-order chi connectivity index (χ1) is 14.3. The van der Waals surface area contributed by atoms with E-state index in [9.17, 15) is 24.0 Å². The lowest BCUT2D eigenvalue weighted by Gasteiger charge is -2.19. The molecule has 0 radical (unpaired) electrons. The molecule has 0 unspecified atom stereocenters. The second-order valence-electron chi connectivity index (χ2n) is 6.83. The Hall–Kier alpha value is -2.33. The van der Waals surface area contributed by atoms with Gasteiger partial charge in [-0.3, -0.25) is 24.0 Å². The molecular formula is C20H35N3O7. The Morgan fingerprint density at radius 1 is 0.700 bits per heavy atom. The molecule has 0 rings (SSSR count). The lowest BCUT2D eigenvalue weighted by atomic mass is 10.3. The zero-order valence-corrected chi connectivity index (χ0v) is 18.3. The van der Waals surface area contributed by atoms with Crippen molar-refractivity contribution in [2.24, 2.45) is 0 Å². The molecule has 0 aromatic rings. The topological polar surface area (TPSA) is 131 Å². The predicted octanol–water partition coefficient (Wildman–Crippen LogP) is -0.161. The highest BCUT2D eigenvalue weighted by molar-refractivity contribution is 5.89. The van der Waals surface area contributed by atoms with Crippen LogP contribution in [0.25, 0.3) is 0 Å². The first-order valence-electron chi connectivity index (χ1n) is 10.2. The van der Waals surface area contributed by atoms with E-state index in [1.165, 1.54) is 18.7 Å². The molecule has 0 atom stereocenters. The molecule has 0 aromatic carbocycles. The molecule has 0 aliphatic carbocycles. The van der Waals surface area contributed by atoms with Gasteiger partial charge in [0, 0.05) is 32.5 Å². The van der Waals surface area contributed by atoms with Crippen LogP contribution in [0.4, 0.5) is 0 Å². The van der Waals surface area contributed by atoms with E-state index in [1.807, 2.05) is 6.92 Å². The zero-order valence-electron chi connectivity index (χ0n) is 18.3. The van der Waals surface area contributed by atoms with Crippen LogP contribution < -0.4 is 10.6 Å². The highest BCUT2D eigenvalue weighted by Crippen LogP contribution is 1.97. The summed E-state index contributed by atoms with van der Waals surface area (Å²) in [4.78, 5) is 59.0. The summed E-state index contributed by atoms with van der Waals surface area (Å²) in [6.07, 6.45) is 1.13. The third-order valence-corrected chi connectivity index (χ3v) is 3.70. The summed E-state index contributed by atoms with van der Waals surface area (Å²) >= 11 is 0. The predicted molar refractivity (Wildman–Crippen MR) is 110 cm³/mol. The number of rotatable bonds is 18. The van der Waals surface area contributed by atoms with Gasteiger partial charge in [-0.05, 0) is 20.3 Å². The largest absolute Gasteiger partial charge is 0.380 e. The molecule has 10 nitrogen and oxygen atoms in total. The molecule has 0 fully saturated rings. The smallest absolute Gasteiger partial charge is 0.225 e. The van der Waals surface area contributed by atoms with E-state index < -0.39 is 0 Å². The minimum atomic E-state index is -0.337. The fourth-order valence-electron chi connectivity index (χ4n) is 2.36. The number of hydrogen-bond donors (Lipinski definition) is 2. The maximum Gasteiger partial charge on any atom is 0.225 e. The van der Waals surface area contributed by atoms with Crippen molar-refractivity contribution in [2.45, 2.75) is 46.5 Å². The average Bonchev–Trinajstić information content (AvgIpc) is 2.67. The Morgan fingerprint density at radius 2 is 1.17 bits per heavy atom. The van der Waals surface area contributed by atoms with Crippen LogP contribution in [0.2, 0.25) is 0 Å². The average molecular weight is 430 g/mol. The molecular weight excluding hydrogens is 394 g/mol. The van der Waals surface area contributed by atoms with Crippen LogP contribution in [-0.4, -0.2) is 86.8 Å². The van der Waals surface area contributed by atoms with Crippen molar-refractivity contribution in [3.05, 3.63) is 0 Å². The first kappa shape index (κ1) is 27.7. The summed E-state index contributed by atoms with van der Waals surface area (Å²) in [6.45, 7) is 6.60. The fourth-order valence-corrected chi connectivity index (χ4v) is 2.36. The van der Waals surface area contributed by atoms with E-state index in [0.29, 0.717) is 19.8 Å². The Labute approximate surface area is 178 Å². The second-order valence-corrected chi connectivity index (χ2v) is 6.83. The van der Waals surface area contributed by atoms with E-state index in [-0.39, 0.29) is 81.4 Å². The van der Waals surface area contributed by atoms with Crippen molar-refractivity contribution in [1.29, 1.82) is 0 Å². The van der Waals surface area contributed by atoms with E-state index in [4.69, 9.17) is 9.47 Å². The van der Waals surface area contributed by atoms with E-state index >= 15 is 0 Å². The van der Waals surface area contributed by atoms with Gasteiger partial charge in [0.1, 0.15) is 11.6 Å². The Morgan fingerprint density at radius 3 is 1.60 bits per heavy atom. The molecule has 2 N–H and O–H groups in total. The standard InChI is InChI=1S/C20H35N3O7/c1-4-10-29-12-8-21-18(26)5-6-19(27)22-9-13-30-11-7-20(28)23(14-16(2)24)15-17(3)25/h4-15H2,1-3H3,(H,21,26)(H,22,27). The van der Waals surface area contributed by atoms with Crippen molar-refractivity contribution < 1.29 is 33.4 Å². The minimum Gasteiger partial charge on any atom is -0.380 e. The number of ether oxygens (including phenoxy) is 2. The Bertz CT molecular complexity index is 551.